The van der Waals surface area contributed by atoms with Crippen molar-refractivity contribution in [2.24, 2.45) is 0 Å². The maximum Gasteiger partial charge on any atom is 0.303 e. The van der Waals surface area contributed by atoms with Gasteiger partial charge in [-0.2, -0.15) is 0 Å². The Morgan fingerprint density at radius 1 is 1.55 bits per heavy atom. The highest BCUT2D eigenvalue weighted by Gasteiger charge is 2.26. The van der Waals surface area contributed by atoms with E-state index in [2.05, 4.69) is 0 Å². The van der Waals surface area contributed by atoms with Crippen LogP contribution in [0.3, 0.4) is 0 Å². The zero-order valence-electron chi connectivity index (χ0n) is 6.56. The topological polar surface area (TPSA) is 54.4 Å². The van der Waals surface area contributed by atoms with Gasteiger partial charge in [-0.05, 0) is 20.3 Å². The van der Waals surface area contributed by atoms with E-state index in [1.54, 1.807) is 0 Å². The number of aliphatic carboxylic acids is 1. The Labute approximate surface area is 70.3 Å². The van der Waals surface area contributed by atoms with Crippen LogP contribution in [0.2, 0.25) is 0 Å². The fraction of sp³-hybridized carbons (Fsp3) is 0.714. The molecule has 0 aromatic heterocycles. The number of hydrogen-bond acceptors (Lipinski definition) is 2. The summed E-state index contributed by atoms with van der Waals surface area (Å²) in [5.74, 6) is -1.13. The van der Waals surface area contributed by atoms with Crippen LogP contribution >= 0.6 is 11.6 Å². The van der Waals surface area contributed by atoms with E-state index in [0.29, 0.717) is 0 Å². The lowest BCUT2D eigenvalue weighted by Gasteiger charge is -2.16. The number of hydrogen-bond donors (Lipinski definition) is 1. The molecule has 0 spiro atoms. The summed E-state index contributed by atoms with van der Waals surface area (Å²) < 4.78 is 0. The Hall–Kier alpha value is -0.570. The van der Waals surface area contributed by atoms with Gasteiger partial charge < -0.3 is 5.11 Å². The second-order valence-corrected chi connectivity index (χ2v) is 3.48. The molecule has 64 valence electrons. The zero-order valence-corrected chi connectivity index (χ0v) is 7.31. The van der Waals surface area contributed by atoms with E-state index in [-0.39, 0.29) is 18.6 Å². The first-order chi connectivity index (χ1) is 4.86. The number of carboxylic acid groups (broad SMARTS) is 1. The van der Waals surface area contributed by atoms with Crippen molar-refractivity contribution in [2.75, 3.05) is 0 Å². The summed E-state index contributed by atoms with van der Waals surface area (Å²) in [6.45, 7) is 2.88. The fourth-order valence-corrected chi connectivity index (χ4v) is 0.612. The number of carbonyl (C=O) groups excluding carboxylic acids is 1. The Kier molecular flexibility index (Phi) is 3.52. The van der Waals surface area contributed by atoms with Gasteiger partial charge in [-0.25, -0.2) is 0 Å². The molecule has 0 amide bonds. The summed E-state index contributed by atoms with van der Waals surface area (Å²) in [5, 5.41) is 8.29. The van der Waals surface area contributed by atoms with Gasteiger partial charge in [0.15, 0.2) is 0 Å². The van der Waals surface area contributed by atoms with Gasteiger partial charge in [0, 0.05) is 6.42 Å². The van der Waals surface area contributed by atoms with Crippen molar-refractivity contribution in [2.45, 2.75) is 31.6 Å². The number of Topliss-reactive ketones (excluding diaryl/α,β-unsaturated/α-hetero) is 1. The molecule has 0 aliphatic rings. The minimum Gasteiger partial charge on any atom is -0.481 e. The molecule has 0 aliphatic heterocycles. The Bertz CT molecular complexity index is 175. The molecule has 0 saturated heterocycles. The summed E-state index contributed by atoms with van der Waals surface area (Å²) >= 11 is 5.70. The standard InChI is InChI=1S/C7H11ClO3/c1-5(9)7(2,8)4-3-6(10)11/h3-4H2,1-2H3,(H,10,11). The van der Waals surface area contributed by atoms with Gasteiger partial charge in [0.1, 0.15) is 10.7 Å². The highest BCUT2D eigenvalue weighted by atomic mass is 35.5. The normalized spacial score (nSPS) is 15.5. The predicted molar refractivity (Wildman–Crippen MR) is 41.8 cm³/mol. The van der Waals surface area contributed by atoms with E-state index in [9.17, 15) is 9.59 Å². The lowest BCUT2D eigenvalue weighted by molar-refractivity contribution is -0.137. The SMILES string of the molecule is CC(=O)C(C)(Cl)CCC(=O)O. The Morgan fingerprint density at radius 2 is 2.00 bits per heavy atom. The zero-order chi connectivity index (χ0) is 9.07. The lowest BCUT2D eigenvalue weighted by Crippen LogP contribution is -2.26. The number of alkyl halides is 1. The average Bonchev–Trinajstić information content (AvgIpc) is 1.84. The first-order valence-corrected chi connectivity index (χ1v) is 3.66. The smallest absolute Gasteiger partial charge is 0.303 e. The molecule has 11 heavy (non-hydrogen) atoms. The molecular weight excluding hydrogens is 168 g/mol. The third kappa shape index (κ3) is 3.98. The van der Waals surface area contributed by atoms with Crippen molar-refractivity contribution in [3.63, 3.8) is 0 Å². The summed E-state index contributed by atoms with van der Waals surface area (Å²) in [6, 6.07) is 0. The van der Waals surface area contributed by atoms with E-state index in [4.69, 9.17) is 16.7 Å². The summed E-state index contributed by atoms with van der Waals surface area (Å²) in [4.78, 5) is 19.8. The molecule has 0 rings (SSSR count). The third-order valence-electron chi connectivity index (χ3n) is 1.54. The minimum atomic E-state index is -1.02. The molecule has 0 aliphatic carbocycles. The summed E-state index contributed by atoms with van der Waals surface area (Å²) in [5.41, 5.74) is 0. The number of halogens is 1. The van der Waals surface area contributed by atoms with E-state index in [1.165, 1.54) is 13.8 Å². The van der Waals surface area contributed by atoms with Gasteiger partial charge in [0.25, 0.3) is 0 Å². The van der Waals surface area contributed by atoms with Crippen molar-refractivity contribution in [3.05, 3.63) is 0 Å². The number of rotatable bonds is 4. The van der Waals surface area contributed by atoms with Gasteiger partial charge in [-0.1, -0.05) is 0 Å². The molecule has 0 heterocycles. The van der Waals surface area contributed by atoms with Crippen molar-refractivity contribution in [3.8, 4) is 0 Å². The lowest BCUT2D eigenvalue weighted by atomic mass is 10.0. The van der Waals surface area contributed by atoms with Gasteiger partial charge in [0.05, 0.1) is 0 Å². The third-order valence-corrected chi connectivity index (χ3v) is 2.00. The van der Waals surface area contributed by atoms with Gasteiger partial charge in [0.2, 0.25) is 0 Å². The van der Waals surface area contributed by atoms with E-state index in [1.807, 2.05) is 0 Å². The largest absolute Gasteiger partial charge is 0.481 e. The molecule has 0 aromatic carbocycles. The van der Waals surface area contributed by atoms with Crippen molar-refractivity contribution in [1.82, 2.24) is 0 Å². The first kappa shape index (κ1) is 10.4. The molecule has 1 N–H and O–H groups in total. The molecule has 0 bridgehead atoms. The second kappa shape index (κ2) is 3.72. The van der Waals surface area contributed by atoms with Crippen LogP contribution in [0.1, 0.15) is 26.7 Å². The molecule has 1 unspecified atom stereocenters. The molecule has 0 fully saturated rings. The van der Waals surface area contributed by atoms with Crippen LogP contribution in [0.25, 0.3) is 0 Å². The molecule has 0 aromatic rings. The van der Waals surface area contributed by atoms with Crippen LogP contribution in [0.5, 0.6) is 0 Å². The van der Waals surface area contributed by atoms with Crippen molar-refractivity contribution in [1.29, 1.82) is 0 Å². The van der Waals surface area contributed by atoms with Crippen LogP contribution in [0.15, 0.2) is 0 Å². The number of carbonyl (C=O) groups is 2. The predicted octanol–water partition coefficient (Wildman–Crippen LogP) is 1.44. The number of carboxylic acids is 1. The summed E-state index contributed by atoms with van der Waals surface area (Å²) in [6.07, 6.45) is 0.110. The number of ketones is 1. The van der Waals surface area contributed by atoms with Crippen LogP contribution in [0.4, 0.5) is 0 Å². The molecule has 1 atom stereocenters. The van der Waals surface area contributed by atoms with Gasteiger partial charge >= 0.3 is 5.97 Å². The molecule has 3 nitrogen and oxygen atoms in total. The average molecular weight is 179 g/mol. The van der Waals surface area contributed by atoms with E-state index < -0.39 is 10.8 Å². The highest BCUT2D eigenvalue weighted by molar-refractivity contribution is 6.34. The first-order valence-electron chi connectivity index (χ1n) is 3.28. The van der Waals surface area contributed by atoms with Crippen molar-refractivity contribution < 1.29 is 14.7 Å². The Morgan fingerprint density at radius 3 is 2.27 bits per heavy atom. The van der Waals surface area contributed by atoms with Crippen LogP contribution < -0.4 is 0 Å². The van der Waals surface area contributed by atoms with Crippen molar-refractivity contribution >= 4 is 23.4 Å². The molecule has 4 heteroatoms. The quantitative estimate of drug-likeness (QED) is 0.663. The second-order valence-electron chi connectivity index (χ2n) is 2.65. The Balaban J connectivity index is 3.92. The minimum absolute atomic E-state index is 0.0699. The van der Waals surface area contributed by atoms with E-state index in [0.717, 1.165) is 0 Å². The van der Waals surface area contributed by atoms with Crippen LogP contribution in [-0.4, -0.2) is 21.7 Å². The van der Waals surface area contributed by atoms with Crippen LogP contribution in [-0.2, 0) is 9.59 Å². The van der Waals surface area contributed by atoms with Gasteiger partial charge in [-0.15, -0.1) is 11.6 Å². The van der Waals surface area contributed by atoms with Crippen LogP contribution in [0, 0.1) is 0 Å². The van der Waals surface area contributed by atoms with E-state index >= 15 is 0 Å². The molecule has 0 saturated carbocycles. The molecular formula is C7H11ClO3. The monoisotopic (exact) mass is 178 g/mol. The van der Waals surface area contributed by atoms with Gasteiger partial charge in [-0.3, -0.25) is 9.59 Å². The fourth-order valence-electron chi connectivity index (χ4n) is 0.518. The molecule has 0 radical (unpaired) electrons. The highest BCUT2D eigenvalue weighted by Crippen LogP contribution is 2.21. The maximum absolute atomic E-state index is 10.8. The summed E-state index contributed by atoms with van der Waals surface area (Å²) in [7, 11) is 0. The maximum atomic E-state index is 10.8.